The van der Waals surface area contributed by atoms with Gasteiger partial charge in [-0.05, 0) is 64.0 Å². The fourth-order valence-electron chi connectivity index (χ4n) is 6.47. The van der Waals surface area contributed by atoms with Crippen molar-refractivity contribution in [3.63, 3.8) is 0 Å². The molecule has 142 valence electrons. The number of carbonyl (C=O) groups excluding carboxylic acids is 1. The molecular formula is C21H36N2O2. The predicted octanol–water partition coefficient (Wildman–Crippen LogP) is 3.02. The number of nitrogens with zero attached hydrogens (tertiary/aromatic N) is 2. The number of esters is 1. The van der Waals surface area contributed by atoms with E-state index in [1.807, 2.05) is 0 Å². The van der Waals surface area contributed by atoms with Crippen LogP contribution in [0.15, 0.2) is 0 Å². The Hall–Kier alpha value is -0.610. The third-order valence-corrected chi connectivity index (χ3v) is 7.79. The van der Waals surface area contributed by atoms with E-state index in [4.69, 9.17) is 4.74 Å². The maximum absolute atomic E-state index is 12.4. The second-order valence-electron chi connectivity index (χ2n) is 9.22. The molecule has 2 saturated carbocycles. The number of carbonyl (C=O) groups is 1. The minimum Gasteiger partial charge on any atom is -0.462 e. The van der Waals surface area contributed by atoms with Crippen molar-refractivity contribution in [2.45, 2.75) is 58.0 Å². The molecule has 0 unspecified atom stereocenters. The van der Waals surface area contributed by atoms with E-state index < -0.39 is 0 Å². The van der Waals surface area contributed by atoms with Gasteiger partial charge in [0.2, 0.25) is 0 Å². The monoisotopic (exact) mass is 348 g/mol. The maximum atomic E-state index is 12.4. The van der Waals surface area contributed by atoms with Crippen molar-refractivity contribution in [1.82, 2.24) is 9.80 Å². The first kappa shape index (κ1) is 17.8. The average molecular weight is 349 g/mol. The first-order valence-corrected chi connectivity index (χ1v) is 10.7. The predicted molar refractivity (Wildman–Crippen MR) is 99.3 cm³/mol. The van der Waals surface area contributed by atoms with Crippen molar-refractivity contribution in [2.75, 3.05) is 39.8 Å². The molecule has 6 atom stereocenters. The van der Waals surface area contributed by atoms with Crippen LogP contribution in [0.3, 0.4) is 0 Å². The Morgan fingerprint density at radius 2 is 1.88 bits per heavy atom. The van der Waals surface area contributed by atoms with Crippen molar-refractivity contribution in [3.05, 3.63) is 0 Å². The van der Waals surface area contributed by atoms with Gasteiger partial charge in [-0.2, -0.15) is 0 Å². The van der Waals surface area contributed by atoms with Gasteiger partial charge in [-0.3, -0.25) is 4.79 Å². The van der Waals surface area contributed by atoms with Gasteiger partial charge < -0.3 is 14.5 Å². The van der Waals surface area contributed by atoms with Crippen LogP contribution in [0.2, 0.25) is 0 Å². The minimum atomic E-state index is 0.116. The normalized spacial score (nSPS) is 42.7. The van der Waals surface area contributed by atoms with Gasteiger partial charge in [-0.1, -0.05) is 19.3 Å². The second-order valence-corrected chi connectivity index (χ2v) is 9.22. The van der Waals surface area contributed by atoms with Crippen LogP contribution in [-0.4, -0.2) is 61.6 Å². The molecular weight excluding hydrogens is 312 g/mol. The molecule has 0 spiro atoms. The van der Waals surface area contributed by atoms with Crippen LogP contribution in [0.25, 0.3) is 0 Å². The highest BCUT2D eigenvalue weighted by molar-refractivity contribution is 5.75. The van der Waals surface area contributed by atoms with Gasteiger partial charge in [0.25, 0.3) is 0 Å². The summed E-state index contributed by atoms with van der Waals surface area (Å²) in [6.45, 7) is 8.24. The van der Waals surface area contributed by atoms with Crippen molar-refractivity contribution in [1.29, 1.82) is 0 Å². The first-order valence-electron chi connectivity index (χ1n) is 10.7. The fourth-order valence-corrected chi connectivity index (χ4v) is 6.47. The van der Waals surface area contributed by atoms with Crippen LogP contribution in [0, 0.1) is 29.6 Å². The van der Waals surface area contributed by atoms with Crippen LogP contribution < -0.4 is 0 Å². The van der Waals surface area contributed by atoms with Crippen molar-refractivity contribution < 1.29 is 9.53 Å². The zero-order chi connectivity index (χ0) is 17.4. The Balaban J connectivity index is 1.39. The lowest BCUT2D eigenvalue weighted by atomic mass is 9.56. The molecule has 0 bridgehead atoms. The Morgan fingerprint density at radius 1 is 1.12 bits per heavy atom. The zero-order valence-corrected chi connectivity index (χ0v) is 16.2. The highest BCUT2D eigenvalue weighted by atomic mass is 16.6. The van der Waals surface area contributed by atoms with E-state index in [1.54, 1.807) is 0 Å². The van der Waals surface area contributed by atoms with Crippen LogP contribution in [0.1, 0.15) is 51.9 Å². The number of fused-ring (bicyclic) bond motifs is 2. The van der Waals surface area contributed by atoms with Crippen LogP contribution in [-0.2, 0) is 9.53 Å². The number of piperazine rings is 1. The summed E-state index contributed by atoms with van der Waals surface area (Å²) in [6.07, 6.45) is 9.38. The number of hydrogen-bond acceptors (Lipinski definition) is 4. The molecule has 4 fully saturated rings. The van der Waals surface area contributed by atoms with Crippen LogP contribution in [0.5, 0.6) is 0 Å². The molecule has 4 nitrogen and oxygen atoms in total. The van der Waals surface area contributed by atoms with Crippen molar-refractivity contribution >= 4 is 5.97 Å². The van der Waals surface area contributed by atoms with Crippen LogP contribution >= 0.6 is 0 Å². The molecule has 0 aromatic carbocycles. The zero-order valence-electron chi connectivity index (χ0n) is 16.2. The van der Waals surface area contributed by atoms with E-state index in [-0.39, 0.29) is 18.0 Å². The number of likely N-dealkylation sites (N-methyl/N-ethyl adjacent to an activating group) is 1. The summed E-state index contributed by atoms with van der Waals surface area (Å²) in [7, 11) is 2.22. The summed E-state index contributed by atoms with van der Waals surface area (Å²) in [6, 6.07) is 0. The van der Waals surface area contributed by atoms with E-state index >= 15 is 0 Å². The lowest BCUT2D eigenvalue weighted by Crippen LogP contribution is -2.45. The molecule has 2 aliphatic heterocycles. The second kappa shape index (κ2) is 7.56. The summed E-state index contributed by atoms with van der Waals surface area (Å²) in [5.41, 5.74) is 0. The SMILES string of the molecule is C[C@@H]1OC(=O)[C@H]2C[C@H]3CCCC[C@@H]3[C@@H](CCCN3CCN(C)CC3)[C@@H]12. The molecule has 0 N–H and O–H groups in total. The summed E-state index contributed by atoms with van der Waals surface area (Å²) in [5, 5.41) is 0. The average Bonchev–Trinajstić information content (AvgIpc) is 2.90. The van der Waals surface area contributed by atoms with Gasteiger partial charge in [-0.15, -0.1) is 0 Å². The highest BCUT2D eigenvalue weighted by Gasteiger charge is 2.54. The minimum absolute atomic E-state index is 0.116. The van der Waals surface area contributed by atoms with E-state index in [0.717, 1.165) is 24.2 Å². The molecule has 0 radical (unpaired) electrons. The Morgan fingerprint density at radius 3 is 2.68 bits per heavy atom. The first-order chi connectivity index (χ1) is 12.1. The van der Waals surface area contributed by atoms with Gasteiger partial charge in [0.1, 0.15) is 6.10 Å². The van der Waals surface area contributed by atoms with Crippen molar-refractivity contribution in [3.8, 4) is 0 Å². The molecule has 0 aromatic rings. The maximum Gasteiger partial charge on any atom is 0.309 e. The van der Waals surface area contributed by atoms with Gasteiger partial charge in [0.05, 0.1) is 5.92 Å². The van der Waals surface area contributed by atoms with Gasteiger partial charge in [-0.25, -0.2) is 0 Å². The number of hydrogen-bond donors (Lipinski definition) is 0. The molecule has 4 aliphatic rings. The standard InChI is InChI=1S/C21H36N2O2/c1-15-20-18(8-5-9-23-12-10-22(2)11-13-23)17-7-4-3-6-16(17)14-19(20)21(24)25-15/h15-20H,3-14H2,1-2H3/t15-,16+,17-,18+,19-,20+/m0/s1. The molecule has 0 aromatic heterocycles. The summed E-state index contributed by atoms with van der Waals surface area (Å²) in [4.78, 5) is 17.4. The summed E-state index contributed by atoms with van der Waals surface area (Å²) < 4.78 is 5.70. The summed E-state index contributed by atoms with van der Waals surface area (Å²) in [5.74, 6) is 3.20. The Bertz CT molecular complexity index is 475. The lowest BCUT2D eigenvalue weighted by Gasteiger charge is -2.47. The van der Waals surface area contributed by atoms with Crippen LogP contribution in [0.4, 0.5) is 0 Å². The van der Waals surface area contributed by atoms with E-state index in [1.165, 1.54) is 71.2 Å². The third kappa shape index (κ3) is 3.62. The van der Waals surface area contributed by atoms with Gasteiger partial charge in [0, 0.05) is 32.1 Å². The largest absolute Gasteiger partial charge is 0.462 e. The number of cyclic esters (lactones) is 1. The van der Waals surface area contributed by atoms with E-state index in [0.29, 0.717) is 5.92 Å². The molecule has 0 amide bonds. The molecule has 2 saturated heterocycles. The highest BCUT2D eigenvalue weighted by Crippen LogP contribution is 2.54. The number of rotatable bonds is 4. The fraction of sp³-hybridized carbons (Fsp3) is 0.952. The lowest BCUT2D eigenvalue weighted by molar-refractivity contribution is -0.144. The smallest absolute Gasteiger partial charge is 0.309 e. The molecule has 25 heavy (non-hydrogen) atoms. The molecule has 4 heteroatoms. The summed E-state index contributed by atoms with van der Waals surface area (Å²) >= 11 is 0. The Labute approximate surface area is 153 Å². The number of ether oxygens (including phenoxy) is 1. The topological polar surface area (TPSA) is 32.8 Å². The van der Waals surface area contributed by atoms with Crippen molar-refractivity contribution in [2.24, 2.45) is 29.6 Å². The quantitative estimate of drug-likeness (QED) is 0.731. The van der Waals surface area contributed by atoms with E-state index in [2.05, 4.69) is 23.8 Å². The van der Waals surface area contributed by atoms with E-state index in [9.17, 15) is 4.79 Å². The third-order valence-electron chi connectivity index (χ3n) is 7.79. The Kier molecular flexibility index (Phi) is 5.38. The molecule has 2 aliphatic carbocycles. The molecule has 4 rings (SSSR count). The van der Waals surface area contributed by atoms with Gasteiger partial charge >= 0.3 is 5.97 Å². The molecule has 2 heterocycles. The van der Waals surface area contributed by atoms with Gasteiger partial charge in [0.15, 0.2) is 0 Å².